The number of carbonyl (C=O) groups excluding carboxylic acids is 1. The molecule has 1 amide bonds. The van der Waals surface area contributed by atoms with E-state index >= 15 is 0 Å². The van der Waals surface area contributed by atoms with Crippen LogP contribution >= 0.6 is 15.9 Å². The Balaban J connectivity index is 2.10. The number of hydrogen-bond acceptors (Lipinski definition) is 3. The van der Waals surface area contributed by atoms with Crippen LogP contribution in [0.3, 0.4) is 0 Å². The highest BCUT2D eigenvalue weighted by atomic mass is 79.9. The molecule has 1 aromatic carbocycles. The van der Waals surface area contributed by atoms with Gasteiger partial charge in [0.15, 0.2) is 0 Å². The van der Waals surface area contributed by atoms with E-state index in [0.717, 1.165) is 17.6 Å². The average Bonchev–Trinajstić information content (AvgIpc) is 2.47. The van der Waals surface area contributed by atoms with Gasteiger partial charge in [0.1, 0.15) is 5.60 Å². The largest absolute Gasteiger partial charge is 0.444 e. The normalized spacial score (nSPS) is 22.0. The Bertz CT molecular complexity index is 676. The molecule has 0 saturated carbocycles. The van der Waals surface area contributed by atoms with Gasteiger partial charge in [-0.05, 0) is 63.3 Å². The SMILES string of the molecule is C[C@@H]1CN(C(=O)OC(C)(C)C)[C@@H](C)CN1Cc1cc(Br)cc(C(C)(C)C)c1. The van der Waals surface area contributed by atoms with Crippen LogP contribution in [-0.2, 0) is 16.7 Å². The molecular weight excluding hydrogens is 404 g/mol. The second-order valence-corrected chi connectivity index (χ2v) is 10.8. The molecule has 5 heteroatoms. The van der Waals surface area contributed by atoms with Crippen LogP contribution in [0.1, 0.15) is 66.5 Å². The molecule has 1 aromatic rings. The van der Waals surface area contributed by atoms with E-state index in [-0.39, 0.29) is 23.6 Å². The van der Waals surface area contributed by atoms with Crippen LogP contribution in [0.15, 0.2) is 22.7 Å². The molecule has 4 nitrogen and oxygen atoms in total. The Morgan fingerprint density at radius 1 is 1.07 bits per heavy atom. The first kappa shape index (κ1) is 22.2. The zero-order valence-corrected chi connectivity index (χ0v) is 19.7. The van der Waals surface area contributed by atoms with Gasteiger partial charge in [-0.15, -0.1) is 0 Å². The third-order valence-corrected chi connectivity index (χ3v) is 5.41. The van der Waals surface area contributed by atoms with Crippen molar-refractivity contribution in [2.24, 2.45) is 0 Å². The third-order valence-electron chi connectivity index (χ3n) is 4.95. The van der Waals surface area contributed by atoms with Gasteiger partial charge in [-0.25, -0.2) is 4.79 Å². The summed E-state index contributed by atoms with van der Waals surface area (Å²) < 4.78 is 6.70. The minimum absolute atomic E-state index is 0.118. The first-order valence-electron chi connectivity index (χ1n) is 9.80. The van der Waals surface area contributed by atoms with Crippen molar-refractivity contribution < 1.29 is 9.53 Å². The first-order valence-corrected chi connectivity index (χ1v) is 10.6. The van der Waals surface area contributed by atoms with Gasteiger partial charge < -0.3 is 9.64 Å². The van der Waals surface area contributed by atoms with Crippen molar-refractivity contribution in [2.45, 2.75) is 85.0 Å². The molecule has 0 aliphatic carbocycles. The fourth-order valence-electron chi connectivity index (χ4n) is 3.40. The number of ether oxygens (including phenoxy) is 1. The predicted molar refractivity (Wildman–Crippen MR) is 115 cm³/mol. The molecule has 1 saturated heterocycles. The Labute approximate surface area is 173 Å². The minimum atomic E-state index is -0.461. The van der Waals surface area contributed by atoms with Gasteiger partial charge >= 0.3 is 6.09 Å². The van der Waals surface area contributed by atoms with Crippen LogP contribution in [0, 0.1) is 0 Å². The lowest BCUT2D eigenvalue weighted by molar-refractivity contribution is -0.0117. The molecule has 0 bridgehead atoms. The Morgan fingerprint density at radius 2 is 1.70 bits per heavy atom. The zero-order valence-electron chi connectivity index (χ0n) is 18.1. The van der Waals surface area contributed by atoms with Crippen LogP contribution < -0.4 is 0 Å². The van der Waals surface area contributed by atoms with Crippen LogP contribution in [0.25, 0.3) is 0 Å². The average molecular weight is 439 g/mol. The maximum atomic E-state index is 12.5. The van der Waals surface area contributed by atoms with E-state index in [4.69, 9.17) is 4.74 Å². The maximum Gasteiger partial charge on any atom is 0.410 e. The molecule has 1 aliphatic heterocycles. The van der Waals surface area contributed by atoms with Gasteiger partial charge in [0.25, 0.3) is 0 Å². The number of carbonyl (C=O) groups is 1. The summed E-state index contributed by atoms with van der Waals surface area (Å²) in [7, 11) is 0. The monoisotopic (exact) mass is 438 g/mol. The number of nitrogens with zero attached hydrogens (tertiary/aromatic N) is 2. The Hall–Kier alpha value is -1.07. The summed E-state index contributed by atoms with van der Waals surface area (Å²) in [6.07, 6.45) is -0.209. The lowest BCUT2D eigenvalue weighted by Gasteiger charge is -2.44. The number of benzene rings is 1. The third kappa shape index (κ3) is 6.21. The van der Waals surface area contributed by atoms with Gasteiger partial charge in [0.2, 0.25) is 0 Å². The zero-order chi connectivity index (χ0) is 20.6. The summed E-state index contributed by atoms with van der Waals surface area (Å²) in [5.74, 6) is 0. The summed E-state index contributed by atoms with van der Waals surface area (Å²) in [5.41, 5.74) is 2.29. The van der Waals surface area contributed by atoms with Crippen molar-refractivity contribution in [1.29, 1.82) is 0 Å². The van der Waals surface area contributed by atoms with Crippen LogP contribution in [-0.4, -0.2) is 46.7 Å². The number of rotatable bonds is 2. The Morgan fingerprint density at radius 3 is 2.26 bits per heavy atom. The lowest BCUT2D eigenvalue weighted by Crippen LogP contribution is -2.58. The molecule has 0 unspecified atom stereocenters. The van der Waals surface area contributed by atoms with Crippen molar-refractivity contribution >= 4 is 22.0 Å². The standard InChI is InChI=1S/C22H35BrN2O2/c1-15-13-25(20(26)27-22(6,7)8)16(2)12-24(15)14-17-9-18(21(3,4)5)11-19(23)10-17/h9-11,15-16H,12-14H2,1-8H3/t15-,16+/m1/s1. The number of amides is 1. The van der Waals surface area contributed by atoms with E-state index in [1.807, 2.05) is 25.7 Å². The second kappa shape index (κ2) is 8.12. The molecule has 0 N–H and O–H groups in total. The maximum absolute atomic E-state index is 12.5. The summed E-state index contributed by atoms with van der Waals surface area (Å²) >= 11 is 3.67. The van der Waals surface area contributed by atoms with Gasteiger partial charge in [-0.1, -0.05) is 42.8 Å². The van der Waals surface area contributed by atoms with E-state index in [2.05, 4.69) is 73.6 Å². The molecule has 2 rings (SSSR count). The number of halogens is 1. The van der Waals surface area contributed by atoms with Crippen molar-refractivity contribution in [2.75, 3.05) is 13.1 Å². The topological polar surface area (TPSA) is 32.8 Å². The van der Waals surface area contributed by atoms with Gasteiger partial charge in [-0.2, -0.15) is 0 Å². The van der Waals surface area contributed by atoms with E-state index in [1.165, 1.54) is 11.1 Å². The highest BCUT2D eigenvalue weighted by Crippen LogP contribution is 2.28. The quantitative estimate of drug-likeness (QED) is 0.604. The molecule has 0 spiro atoms. The van der Waals surface area contributed by atoms with Crippen LogP contribution in [0.2, 0.25) is 0 Å². The molecule has 27 heavy (non-hydrogen) atoms. The van der Waals surface area contributed by atoms with Crippen molar-refractivity contribution in [1.82, 2.24) is 9.80 Å². The fraction of sp³-hybridized carbons (Fsp3) is 0.682. The van der Waals surface area contributed by atoms with Crippen molar-refractivity contribution in [3.05, 3.63) is 33.8 Å². The highest BCUT2D eigenvalue weighted by molar-refractivity contribution is 9.10. The van der Waals surface area contributed by atoms with Gasteiger partial charge in [-0.3, -0.25) is 4.90 Å². The molecule has 1 heterocycles. The lowest BCUT2D eigenvalue weighted by atomic mass is 9.86. The second-order valence-electron chi connectivity index (χ2n) is 9.86. The van der Waals surface area contributed by atoms with E-state index in [1.54, 1.807) is 0 Å². The van der Waals surface area contributed by atoms with Crippen LogP contribution in [0.5, 0.6) is 0 Å². The fourth-order valence-corrected chi connectivity index (χ4v) is 3.94. The first-order chi connectivity index (χ1) is 12.3. The Kier molecular flexibility index (Phi) is 6.68. The minimum Gasteiger partial charge on any atom is -0.444 e. The number of piperazine rings is 1. The molecule has 0 aromatic heterocycles. The summed E-state index contributed by atoms with van der Waals surface area (Å²) in [6, 6.07) is 7.13. The molecule has 152 valence electrons. The van der Waals surface area contributed by atoms with Gasteiger partial charge in [0, 0.05) is 36.2 Å². The van der Waals surface area contributed by atoms with E-state index in [9.17, 15) is 4.79 Å². The molecular formula is C22H35BrN2O2. The number of hydrogen-bond donors (Lipinski definition) is 0. The highest BCUT2D eigenvalue weighted by Gasteiger charge is 2.34. The van der Waals surface area contributed by atoms with Gasteiger partial charge in [0.05, 0.1) is 0 Å². The van der Waals surface area contributed by atoms with Crippen molar-refractivity contribution in [3.63, 3.8) is 0 Å². The summed E-state index contributed by atoms with van der Waals surface area (Å²) in [4.78, 5) is 16.8. The van der Waals surface area contributed by atoms with Crippen LogP contribution in [0.4, 0.5) is 4.79 Å². The molecule has 0 radical (unpaired) electrons. The predicted octanol–water partition coefficient (Wildman–Crippen LogP) is 5.58. The molecule has 1 fully saturated rings. The van der Waals surface area contributed by atoms with E-state index in [0.29, 0.717) is 6.54 Å². The summed E-state index contributed by atoms with van der Waals surface area (Å²) in [6.45, 7) is 19.2. The molecule has 1 aliphatic rings. The molecule has 2 atom stereocenters. The summed E-state index contributed by atoms with van der Waals surface area (Å²) in [5, 5.41) is 0. The van der Waals surface area contributed by atoms with E-state index < -0.39 is 5.60 Å². The van der Waals surface area contributed by atoms with Crippen molar-refractivity contribution in [3.8, 4) is 0 Å². The smallest absolute Gasteiger partial charge is 0.410 e.